The molecule has 6 heteroatoms. The Hall–Kier alpha value is -2.63. The van der Waals surface area contributed by atoms with Gasteiger partial charge in [0.1, 0.15) is 5.58 Å². The minimum atomic E-state index is -0.284. The van der Waals surface area contributed by atoms with Gasteiger partial charge in [-0.05, 0) is 25.0 Å². The molecule has 1 amide bonds. The monoisotopic (exact) mass is 311 g/mol. The van der Waals surface area contributed by atoms with Gasteiger partial charge < -0.3 is 14.3 Å². The van der Waals surface area contributed by atoms with Crippen molar-refractivity contribution in [2.75, 3.05) is 0 Å². The third kappa shape index (κ3) is 2.84. The summed E-state index contributed by atoms with van der Waals surface area (Å²) in [6.07, 6.45) is 4.64. The van der Waals surface area contributed by atoms with Crippen molar-refractivity contribution in [1.82, 2.24) is 15.5 Å². The normalized spacial score (nSPS) is 15.3. The number of fused-ring (bicyclic) bond motifs is 1. The van der Waals surface area contributed by atoms with Gasteiger partial charge in [-0.1, -0.05) is 36.2 Å². The van der Waals surface area contributed by atoms with E-state index in [1.54, 1.807) is 6.07 Å². The van der Waals surface area contributed by atoms with Crippen LogP contribution in [0.3, 0.4) is 0 Å². The molecule has 1 N–H and O–H groups in total. The molecule has 1 saturated carbocycles. The van der Waals surface area contributed by atoms with Gasteiger partial charge in [0, 0.05) is 11.3 Å². The van der Waals surface area contributed by atoms with Gasteiger partial charge in [-0.15, -0.1) is 0 Å². The topological polar surface area (TPSA) is 81.2 Å². The van der Waals surface area contributed by atoms with Crippen LogP contribution in [-0.2, 0) is 6.54 Å². The van der Waals surface area contributed by atoms with Gasteiger partial charge in [0.05, 0.1) is 6.54 Å². The Morgan fingerprint density at radius 2 is 2.09 bits per heavy atom. The fourth-order valence-corrected chi connectivity index (χ4v) is 3.02. The quantitative estimate of drug-likeness (QED) is 0.798. The molecule has 118 valence electrons. The first-order chi connectivity index (χ1) is 11.3. The second kappa shape index (κ2) is 5.87. The maximum atomic E-state index is 12.2. The summed E-state index contributed by atoms with van der Waals surface area (Å²) < 4.78 is 10.8. The van der Waals surface area contributed by atoms with Gasteiger partial charge in [0.15, 0.2) is 11.6 Å². The molecule has 0 spiro atoms. The highest BCUT2D eigenvalue weighted by atomic mass is 16.5. The number of rotatable bonds is 4. The van der Waals surface area contributed by atoms with Crippen molar-refractivity contribution in [3.63, 3.8) is 0 Å². The summed E-state index contributed by atoms with van der Waals surface area (Å²) in [6.45, 7) is 0.228. The number of aromatic nitrogens is 2. The molecular weight excluding hydrogens is 294 g/mol. The highest BCUT2D eigenvalue weighted by molar-refractivity contribution is 5.95. The number of amides is 1. The number of nitrogens with zero attached hydrogens (tertiary/aromatic N) is 2. The van der Waals surface area contributed by atoms with Crippen LogP contribution in [0, 0.1) is 0 Å². The average molecular weight is 311 g/mol. The van der Waals surface area contributed by atoms with Crippen molar-refractivity contribution < 1.29 is 13.7 Å². The molecule has 1 aliphatic carbocycles. The number of para-hydroxylation sites is 1. The molecule has 0 atom stereocenters. The Morgan fingerprint density at radius 3 is 2.91 bits per heavy atom. The summed E-state index contributed by atoms with van der Waals surface area (Å²) >= 11 is 0. The molecular formula is C17H17N3O3. The lowest BCUT2D eigenvalue weighted by Crippen LogP contribution is -2.22. The van der Waals surface area contributed by atoms with Gasteiger partial charge >= 0.3 is 0 Å². The largest absolute Gasteiger partial charge is 0.451 e. The minimum Gasteiger partial charge on any atom is -0.451 e. The van der Waals surface area contributed by atoms with E-state index in [2.05, 4.69) is 15.5 Å². The Labute approximate surface area is 132 Å². The maximum Gasteiger partial charge on any atom is 0.287 e. The first kappa shape index (κ1) is 14.0. The number of hydrogen-bond acceptors (Lipinski definition) is 5. The minimum absolute atomic E-state index is 0.228. The fourth-order valence-electron chi connectivity index (χ4n) is 3.02. The van der Waals surface area contributed by atoms with E-state index in [0.29, 0.717) is 23.2 Å². The van der Waals surface area contributed by atoms with Crippen LogP contribution < -0.4 is 5.32 Å². The van der Waals surface area contributed by atoms with E-state index in [-0.39, 0.29) is 18.2 Å². The lowest BCUT2D eigenvalue weighted by Gasteiger charge is -2.00. The lowest BCUT2D eigenvalue weighted by atomic mass is 10.1. The van der Waals surface area contributed by atoms with E-state index in [1.807, 2.05) is 24.3 Å². The van der Waals surface area contributed by atoms with Crippen LogP contribution in [0.4, 0.5) is 0 Å². The summed E-state index contributed by atoms with van der Waals surface area (Å²) in [7, 11) is 0. The first-order valence-corrected chi connectivity index (χ1v) is 7.89. The number of furan rings is 1. The van der Waals surface area contributed by atoms with Crippen LogP contribution in [0.25, 0.3) is 11.0 Å². The van der Waals surface area contributed by atoms with Crippen molar-refractivity contribution in [2.45, 2.75) is 38.1 Å². The number of carbonyl (C=O) groups excluding carboxylic acids is 1. The third-order valence-corrected chi connectivity index (χ3v) is 4.24. The zero-order valence-corrected chi connectivity index (χ0v) is 12.6. The molecule has 0 aliphatic heterocycles. The highest BCUT2D eigenvalue weighted by Gasteiger charge is 2.23. The van der Waals surface area contributed by atoms with E-state index in [9.17, 15) is 4.79 Å². The molecule has 1 aliphatic rings. The van der Waals surface area contributed by atoms with Crippen molar-refractivity contribution in [2.24, 2.45) is 0 Å². The molecule has 6 nitrogen and oxygen atoms in total. The molecule has 1 aromatic carbocycles. The van der Waals surface area contributed by atoms with E-state index in [1.165, 1.54) is 12.8 Å². The van der Waals surface area contributed by atoms with Crippen LogP contribution in [0.1, 0.15) is 53.9 Å². The van der Waals surface area contributed by atoms with Gasteiger partial charge in [0.2, 0.25) is 5.89 Å². The number of hydrogen-bond donors (Lipinski definition) is 1. The van der Waals surface area contributed by atoms with E-state index < -0.39 is 0 Å². The molecule has 23 heavy (non-hydrogen) atoms. The van der Waals surface area contributed by atoms with Gasteiger partial charge in [-0.25, -0.2) is 0 Å². The summed E-state index contributed by atoms with van der Waals surface area (Å²) in [4.78, 5) is 16.5. The first-order valence-electron chi connectivity index (χ1n) is 7.89. The van der Waals surface area contributed by atoms with Crippen LogP contribution in [0.5, 0.6) is 0 Å². The second-order valence-corrected chi connectivity index (χ2v) is 5.86. The molecule has 0 saturated heterocycles. The molecule has 1 fully saturated rings. The molecule has 0 unspecified atom stereocenters. The van der Waals surface area contributed by atoms with Crippen molar-refractivity contribution in [1.29, 1.82) is 0 Å². The summed E-state index contributed by atoms with van der Waals surface area (Å²) in [5, 5.41) is 7.60. The summed E-state index contributed by atoms with van der Waals surface area (Å²) in [5.74, 6) is 1.56. The maximum absolute atomic E-state index is 12.2. The zero-order valence-electron chi connectivity index (χ0n) is 12.6. The number of benzene rings is 1. The van der Waals surface area contributed by atoms with Gasteiger partial charge in [0.25, 0.3) is 5.91 Å². The van der Waals surface area contributed by atoms with E-state index >= 15 is 0 Å². The van der Waals surface area contributed by atoms with Crippen LogP contribution >= 0.6 is 0 Å². The van der Waals surface area contributed by atoms with Gasteiger partial charge in [-0.3, -0.25) is 4.79 Å². The molecule has 4 rings (SSSR count). The summed E-state index contributed by atoms with van der Waals surface area (Å²) in [6, 6.07) is 9.24. The predicted octanol–water partition coefficient (Wildman–Crippen LogP) is 3.40. The standard InChI is InChI=1S/C17H17N3O3/c21-16(14-9-12-7-3-4-8-13(12)22-14)18-10-15-19-17(23-20-15)11-5-1-2-6-11/h3-4,7-9,11H,1-2,5-6,10H2,(H,18,21). The Kier molecular flexibility index (Phi) is 3.57. The number of carbonyl (C=O) groups is 1. The molecule has 3 aromatic rings. The highest BCUT2D eigenvalue weighted by Crippen LogP contribution is 2.32. The van der Waals surface area contributed by atoms with Crippen LogP contribution in [0.15, 0.2) is 39.3 Å². The molecule has 0 bridgehead atoms. The SMILES string of the molecule is O=C(NCc1noc(C2CCCC2)n1)c1cc2ccccc2o1. The summed E-state index contributed by atoms with van der Waals surface area (Å²) in [5.41, 5.74) is 0.695. The van der Waals surface area contributed by atoms with Crippen molar-refractivity contribution in [3.8, 4) is 0 Å². The van der Waals surface area contributed by atoms with Crippen LogP contribution in [0.2, 0.25) is 0 Å². The molecule has 2 aromatic heterocycles. The van der Waals surface area contributed by atoms with E-state index in [0.717, 1.165) is 18.2 Å². The third-order valence-electron chi connectivity index (χ3n) is 4.24. The Morgan fingerprint density at radius 1 is 1.26 bits per heavy atom. The van der Waals surface area contributed by atoms with Crippen molar-refractivity contribution >= 4 is 16.9 Å². The van der Waals surface area contributed by atoms with Crippen molar-refractivity contribution in [3.05, 3.63) is 47.8 Å². The van der Waals surface area contributed by atoms with Gasteiger partial charge in [-0.2, -0.15) is 4.98 Å². The lowest BCUT2D eigenvalue weighted by molar-refractivity contribution is 0.0924. The zero-order chi connectivity index (χ0) is 15.6. The number of nitrogens with one attached hydrogen (secondary N) is 1. The van der Waals surface area contributed by atoms with E-state index in [4.69, 9.17) is 8.94 Å². The average Bonchev–Trinajstić information content (AvgIpc) is 3.31. The smallest absolute Gasteiger partial charge is 0.287 e. The Bertz CT molecular complexity index is 797. The van der Waals surface area contributed by atoms with Crippen LogP contribution in [-0.4, -0.2) is 16.0 Å². The Balaban J connectivity index is 1.41. The fraction of sp³-hybridized carbons (Fsp3) is 0.353. The molecule has 2 heterocycles. The predicted molar refractivity (Wildman–Crippen MR) is 82.9 cm³/mol. The molecule has 0 radical (unpaired) electrons. The second-order valence-electron chi connectivity index (χ2n) is 5.86.